The lowest BCUT2D eigenvalue weighted by molar-refractivity contribution is -0.138. The van der Waals surface area contributed by atoms with Crippen LogP contribution >= 0.6 is 23.1 Å². The highest BCUT2D eigenvalue weighted by Crippen LogP contribution is 2.36. The van der Waals surface area contributed by atoms with Gasteiger partial charge < -0.3 is 10.4 Å². The van der Waals surface area contributed by atoms with Crippen molar-refractivity contribution >= 4 is 68.4 Å². The average Bonchev–Trinajstić information content (AvgIpc) is 3.43. The van der Waals surface area contributed by atoms with Gasteiger partial charge in [-0.25, -0.2) is 9.88 Å². The topological polar surface area (TPSA) is 117 Å². The molecule has 8 nitrogen and oxygen atoms in total. The fraction of sp³-hybridized carbons (Fsp3) is 0.179. The second kappa shape index (κ2) is 10.8. The Morgan fingerprint density at radius 1 is 1.05 bits per heavy atom. The largest absolute Gasteiger partial charge is 0.481 e. The molecule has 1 fully saturated rings. The molecule has 1 saturated heterocycles. The molecule has 5 rings (SSSR count). The van der Waals surface area contributed by atoms with E-state index in [9.17, 15) is 19.2 Å². The Hall–Kier alpha value is -4.02. The van der Waals surface area contributed by atoms with Crippen molar-refractivity contribution in [2.75, 3.05) is 10.2 Å². The Morgan fingerprint density at radius 3 is 2.50 bits per heavy atom. The standard InChI is InChI=1S/C28H23N3O5S2/c1-16-2-11-21-22(14-16)38-27(30-21)17-3-7-19(8-4-17)31-25(33)15-23(28(31)36)37-20-9-5-18(6-10-20)29-24(32)12-13-26(34)35/h2-11,14,23H,12-13,15H2,1H3,(H,29,32)(H,34,35)/t23-/m1/s1. The van der Waals surface area contributed by atoms with Gasteiger partial charge >= 0.3 is 5.97 Å². The fourth-order valence-electron chi connectivity index (χ4n) is 4.10. The second-order valence-electron chi connectivity index (χ2n) is 8.88. The smallest absolute Gasteiger partial charge is 0.303 e. The second-order valence-corrected chi connectivity index (χ2v) is 11.2. The molecule has 2 heterocycles. The van der Waals surface area contributed by atoms with Gasteiger partial charge in [0, 0.05) is 29.0 Å². The maximum atomic E-state index is 13.1. The van der Waals surface area contributed by atoms with Crippen molar-refractivity contribution in [2.45, 2.75) is 36.3 Å². The molecule has 192 valence electrons. The van der Waals surface area contributed by atoms with Crippen LogP contribution in [0.1, 0.15) is 24.8 Å². The molecule has 2 N–H and O–H groups in total. The number of thiazole rings is 1. The normalized spacial score (nSPS) is 15.3. The SMILES string of the molecule is Cc1ccc2nc(-c3ccc(N4C(=O)C[C@@H](Sc5ccc(NC(=O)CCC(=O)O)cc5)C4=O)cc3)sc2c1. The van der Waals surface area contributed by atoms with Gasteiger partial charge in [-0.3, -0.25) is 19.2 Å². The molecule has 0 bridgehead atoms. The highest BCUT2D eigenvalue weighted by molar-refractivity contribution is 8.00. The Balaban J connectivity index is 1.23. The molecule has 0 saturated carbocycles. The van der Waals surface area contributed by atoms with Crippen LogP contribution in [-0.4, -0.2) is 39.0 Å². The van der Waals surface area contributed by atoms with E-state index < -0.39 is 11.2 Å². The fourth-order valence-corrected chi connectivity index (χ4v) is 6.22. The summed E-state index contributed by atoms with van der Waals surface area (Å²) in [5.74, 6) is -1.94. The van der Waals surface area contributed by atoms with Gasteiger partial charge in [-0.15, -0.1) is 23.1 Å². The first-order chi connectivity index (χ1) is 18.3. The highest BCUT2D eigenvalue weighted by atomic mass is 32.2. The third kappa shape index (κ3) is 5.61. The zero-order valence-corrected chi connectivity index (χ0v) is 22.0. The Kier molecular flexibility index (Phi) is 7.26. The molecule has 1 aromatic heterocycles. The maximum Gasteiger partial charge on any atom is 0.303 e. The van der Waals surface area contributed by atoms with Crippen molar-refractivity contribution in [1.29, 1.82) is 0 Å². The zero-order valence-electron chi connectivity index (χ0n) is 20.3. The molecule has 0 spiro atoms. The lowest BCUT2D eigenvalue weighted by atomic mass is 10.2. The molecule has 3 amide bonds. The number of hydrogen-bond donors (Lipinski definition) is 2. The summed E-state index contributed by atoms with van der Waals surface area (Å²) in [6.07, 6.45) is -0.254. The summed E-state index contributed by atoms with van der Waals surface area (Å²) in [7, 11) is 0. The maximum absolute atomic E-state index is 13.1. The summed E-state index contributed by atoms with van der Waals surface area (Å²) in [5, 5.41) is 11.7. The quantitative estimate of drug-likeness (QED) is 0.281. The number of imide groups is 1. The van der Waals surface area contributed by atoms with Crippen molar-refractivity contribution in [1.82, 2.24) is 4.98 Å². The number of anilines is 2. The molecule has 1 atom stereocenters. The predicted octanol–water partition coefficient (Wildman–Crippen LogP) is 5.50. The van der Waals surface area contributed by atoms with Gasteiger partial charge in [-0.2, -0.15) is 0 Å². The van der Waals surface area contributed by atoms with Gasteiger partial charge in [-0.05, 0) is 73.2 Å². The number of thioether (sulfide) groups is 1. The minimum atomic E-state index is -1.03. The molecular weight excluding hydrogens is 522 g/mol. The first-order valence-corrected chi connectivity index (χ1v) is 13.6. The molecule has 1 aliphatic heterocycles. The number of benzene rings is 3. The van der Waals surface area contributed by atoms with Gasteiger partial charge in [0.25, 0.3) is 0 Å². The van der Waals surface area contributed by atoms with E-state index in [1.165, 1.54) is 22.2 Å². The zero-order chi connectivity index (χ0) is 26.8. The molecule has 0 aliphatic carbocycles. The minimum absolute atomic E-state index is 0.0934. The first kappa shape index (κ1) is 25.6. The summed E-state index contributed by atoms with van der Waals surface area (Å²) >= 11 is 2.90. The number of carboxylic acids is 1. The lowest BCUT2D eigenvalue weighted by Crippen LogP contribution is -2.31. The monoisotopic (exact) mass is 545 g/mol. The van der Waals surface area contributed by atoms with Crippen LogP contribution in [0.15, 0.2) is 71.6 Å². The molecule has 3 aromatic carbocycles. The molecule has 0 unspecified atom stereocenters. The molecule has 4 aromatic rings. The van der Waals surface area contributed by atoms with Crippen LogP contribution in [-0.2, 0) is 19.2 Å². The number of nitrogens with zero attached hydrogens (tertiary/aromatic N) is 2. The Bertz CT molecular complexity index is 1550. The van der Waals surface area contributed by atoms with E-state index >= 15 is 0 Å². The lowest BCUT2D eigenvalue weighted by Gasteiger charge is -2.15. The highest BCUT2D eigenvalue weighted by Gasteiger charge is 2.40. The van der Waals surface area contributed by atoms with E-state index in [-0.39, 0.29) is 37.0 Å². The van der Waals surface area contributed by atoms with Crippen molar-refractivity contribution < 1.29 is 24.3 Å². The van der Waals surface area contributed by atoms with Crippen LogP contribution in [0.25, 0.3) is 20.8 Å². The van der Waals surface area contributed by atoms with E-state index in [0.717, 1.165) is 25.7 Å². The van der Waals surface area contributed by atoms with Gasteiger partial charge in [0.15, 0.2) is 0 Å². The minimum Gasteiger partial charge on any atom is -0.481 e. The summed E-state index contributed by atoms with van der Waals surface area (Å²) in [4.78, 5) is 55.0. The Labute approximate surface area is 226 Å². The summed E-state index contributed by atoms with van der Waals surface area (Å²) < 4.78 is 1.11. The molecule has 0 radical (unpaired) electrons. The molecule has 38 heavy (non-hydrogen) atoms. The third-order valence-electron chi connectivity index (χ3n) is 6.00. The average molecular weight is 546 g/mol. The van der Waals surface area contributed by atoms with Crippen molar-refractivity contribution in [3.63, 3.8) is 0 Å². The number of nitrogens with one attached hydrogen (secondary N) is 1. The third-order valence-corrected chi connectivity index (χ3v) is 8.27. The summed E-state index contributed by atoms with van der Waals surface area (Å²) in [6, 6.07) is 20.3. The van der Waals surface area contributed by atoms with Gasteiger partial charge in [-0.1, -0.05) is 6.07 Å². The number of aromatic nitrogens is 1. The van der Waals surface area contributed by atoms with E-state index in [1.54, 1.807) is 47.7 Å². The molecular formula is C28H23N3O5S2. The number of aryl methyl sites for hydroxylation is 1. The van der Waals surface area contributed by atoms with Crippen LogP contribution in [0.5, 0.6) is 0 Å². The van der Waals surface area contributed by atoms with E-state index in [2.05, 4.69) is 11.4 Å². The van der Waals surface area contributed by atoms with Crippen molar-refractivity contribution in [2.24, 2.45) is 0 Å². The number of rotatable bonds is 8. The van der Waals surface area contributed by atoms with E-state index in [0.29, 0.717) is 11.4 Å². The number of fused-ring (bicyclic) bond motifs is 1. The van der Waals surface area contributed by atoms with Crippen molar-refractivity contribution in [3.8, 4) is 10.6 Å². The van der Waals surface area contributed by atoms with Gasteiger partial charge in [0.2, 0.25) is 17.7 Å². The van der Waals surface area contributed by atoms with E-state index in [1.807, 2.05) is 31.2 Å². The number of amides is 3. The van der Waals surface area contributed by atoms with Crippen molar-refractivity contribution in [3.05, 3.63) is 72.3 Å². The van der Waals surface area contributed by atoms with Crippen LogP contribution in [0, 0.1) is 6.92 Å². The van der Waals surface area contributed by atoms with E-state index in [4.69, 9.17) is 10.1 Å². The predicted molar refractivity (Wildman–Crippen MR) is 148 cm³/mol. The van der Waals surface area contributed by atoms with Crippen LogP contribution in [0.2, 0.25) is 0 Å². The van der Waals surface area contributed by atoms with Gasteiger partial charge in [0.05, 0.1) is 27.6 Å². The van der Waals surface area contributed by atoms with Gasteiger partial charge in [0.1, 0.15) is 5.01 Å². The first-order valence-electron chi connectivity index (χ1n) is 11.9. The number of aliphatic carboxylic acids is 1. The number of carbonyl (C=O) groups is 4. The molecule has 10 heteroatoms. The van der Waals surface area contributed by atoms with Crippen LogP contribution < -0.4 is 10.2 Å². The number of carbonyl (C=O) groups excluding carboxylic acids is 3. The summed E-state index contributed by atoms with van der Waals surface area (Å²) in [6.45, 7) is 2.05. The number of carboxylic acid groups (broad SMARTS) is 1. The van der Waals surface area contributed by atoms with Crippen LogP contribution in [0.3, 0.4) is 0 Å². The van der Waals surface area contributed by atoms with Crippen LogP contribution in [0.4, 0.5) is 11.4 Å². The number of hydrogen-bond acceptors (Lipinski definition) is 7. The summed E-state index contributed by atoms with van der Waals surface area (Å²) in [5.41, 5.74) is 4.11. The molecule has 1 aliphatic rings. The Morgan fingerprint density at radius 2 is 1.79 bits per heavy atom.